The second-order valence-electron chi connectivity index (χ2n) is 5.81. The number of hydrogen-bond donors (Lipinski definition) is 1. The van der Waals surface area contributed by atoms with E-state index >= 15 is 0 Å². The van der Waals surface area contributed by atoms with Gasteiger partial charge in [0.1, 0.15) is 5.75 Å². The number of nitrogens with zero attached hydrogens (tertiary/aromatic N) is 1. The molecule has 0 saturated carbocycles. The van der Waals surface area contributed by atoms with Gasteiger partial charge < -0.3 is 15.4 Å². The second-order valence-corrected chi connectivity index (χ2v) is 5.81. The molecule has 2 aromatic rings. The lowest BCUT2D eigenvalue weighted by atomic mass is 9.99. The quantitative estimate of drug-likeness (QED) is 0.852. The van der Waals surface area contributed by atoms with Gasteiger partial charge in [0.15, 0.2) is 0 Å². The van der Waals surface area contributed by atoms with E-state index in [-0.39, 0.29) is 6.04 Å². The smallest absolute Gasteiger partial charge is 0.119 e. The maximum absolute atomic E-state index is 6.29. The molecule has 2 N–H and O–H groups in total. The predicted octanol–water partition coefficient (Wildman–Crippen LogP) is 3.26. The molecular formula is C19H26N2O. The number of nitrogens with two attached hydrogens (primary N) is 1. The third kappa shape index (κ3) is 4.78. The first kappa shape index (κ1) is 16.4. The minimum absolute atomic E-state index is 0.128. The molecule has 0 radical (unpaired) electrons. The van der Waals surface area contributed by atoms with Crippen LogP contribution in [0.25, 0.3) is 0 Å². The molecule has 0 aromatic heterocycles. The van der Waals surface area contributed by atoms with Crippen LogP contribution < -0.4 is 15.4 Å². The summed E-state index contributed by atoms with van der Waals surface area (Å²) < 4.78 is 5.46. The number of hydrogen-bond acceptors (Lipinski definition) is 3. The Kier molecular flexibility index (Phi) is 5.84. The third-order valence-electron chi connectivity index (χ3n) is 3.68. The summed E-state index contributed by atoms with van der Waals surface area (Å²) >= 11 is 0. The van der Waals surface area contributed by atoms with Gasteiger partial charge in [-0.1, -0.05) is 24.3 Å². The fourth-order valence-electron chi connectivity index (χ4n) is 2.50. The highest BCUT2D eigenvalue weighted by Crippen LogP contribution is 2.16. The normalized spacial score (nSPS) is 12.0. The van der Waals surface area contributed by atoms with Crippen LogP contribution in [0.3, 0.4) is 0 Å². The van der Waals surface area contributed by atoms with Gasteiger partial charge in [0.2, 0.25) is 0 Å². The molecular weight excluding hydrogens is 272 g/mol. The molecule has 1 atom stereocenters. The van der Waals surface area contributed by atoms with Crippen molar-refractivity contribution in [1.82, 2.24) is 0 Å². The summed E-state index contributed by atoms with van der Waals surface area (Å²) in [7, 11) is 4.10. The van der Waals surface area contributed by atoms with Crippen LogP contribution in [0.5, 0.6) is 5.75 Å². The summed E-state index contributed by atoms with van der Waals surface area (Å²) in [6.45, 7) is 2.69. The molecule has 3 nitrogen and oxygen atoms in total. The van der Waals surface area contributed by atoms with Crippen LogP contribution >= 0.6 is 0 Å². The molecule has 0 amide bonds. The van der Waals surface area contributed by atoms with Crippen molar-refractivity contribution in [2.45, 2.75) is 25.8 Å². The predicted molar refractivity (Wildman–Crippen MR) is 93.8 cm³/mol. The number of anilines is 1. The zero-order valence-corrected chi connectivity index (χ0v) is 13.8. The maximum atomic E-state index is 6.29. The first-order valence-electron chi connectivity index (χ1n) is 7.82. The Hall–Kier alpha value is -2.00. The Bertz CT molecular complexity index is 561. The van der Waals surface area contributed by atoms with Crippen molar-refractivity contribution in [2.75, 3.05) is 25.6 Å². The van der Waals surface area contributed by atoms with Crippen molar-refractivity contribution in [3.05, 3.63) is 59.7 Å². The van der Waals surface area contributed by atoms with Crippen molar-refractivity contribution < 1.29 is 4.74 Å². The lowest BCUT2D eigenvalue weighted by Gasteiger charge is -2.15. The second kappa shape index (κ2) is 7.85. The SMILES string of the molecule is CCOc1ccc(CC(N)Cc2ccc(N(C)C)cc2)cc1. The molecule has 0 heterocycles. The Morgan fingerprint density at radius 3 is 1.86 bits per heavy atom. The Morgan fingerprint density at radius 1 is 0.909 bits per heavy atom. The van der Waals surface area contributed by atoms with Crippen LogP contribution in [0, 0.1) is 0 Å². The van der Waals surface area contributed by atoms with Gasteiger partial charge in [0.25, 0.3) is 0 Å². The van der Waals surface area contributed by atoms with Gasteiger partial charge in [0, 0.05) is 25.8 Å². The summed E-state index contributed by atoms with van der Waals surface area (Å²) in [5.41, 5.74) is 10.0. The summed E-state index contributed by atoms with van der Waals surface area (Å²) in [6.07, 6.45) is 1.77. The first-order valence-corrected chi connectivity index (χ1v) is 7.82. The highest BCUT2D eigenvalue weighted by Gasteiger charge is 2.06. The van der Waals surface area contributed by atoms with Gasteiger partial charge in [-0.2, -0.15) is 0 Å². The van der Waals surface area contributed by atoms with Crippen molar-refractivity contribution in [3.8, 4) is 5.75 Å². The maximum Gasteiger partial charge on any atom is 0.119 e. The summed E-state index contributed by atoms with van der Waals surface area (Å²) in [6, 6.07) is 16.9. The topological polar surface area (TPSA) is 38.5 Å². The zero-order valence-electron chi connectivity index (χ0n) is 13.8. The van der Waals surface area contributed by atoms with Gasteiger partial charge in [-0.15, -0.1) is 0 Å². The lowest BCUT2D eigenvalue weighted by Crippen LogP contribution is -2.25. The van der Waals surface area contributed by atoms with Crippen LogP contribution in [0.1, 0.15) is 18.1 Å². The van der Waals surface area contributed by atoms with E-state index in [1.54, 1.807) is 0 Å². The molecule has 0 fully saturated rings. The van der Waals surface area contributed by atoms with E-state index in [0.29, 0.717) is 6.61 Å². The van der Waals surface area contributed by atoms with Gasteiger partial charge >= 0.3 is 0 Å². The van der Waals surface area contributed by atoms with E-state index in [9.17, 15) is 0 Å². The highest BCUT2D eigenvalue weighted by atomic mass is 16.5. The van der Waals surface area contributed by atoms with E-state index in [1.807, 2.05) is 33.2 Å². The van der Waals surface area contributed by atoms with Crippen LogP contribution in [0.15, 0.2) is 48.5 Å². The van der Waals surface area contributed by atoms with Crippen LogP contribution in [-0.2, 0) is 12.8 Å². The van der Waals surface area contributed by atoms with Crippen LogP contribution in [0.4, 0.5) is 5.69 Å². The van der Waals surface area contributed by atoms with Crippen LogP contribution in [0.2, 0.25) is 0 Å². The summed E-state index contributed by atoms with van der Waals surface area (Å²) in [5.74, 6) is 0.916. The van der Waals surface area contributed by atoms with E-state index in [4.69, 9.17) is 10.5 Å². The Balaban J connectivity index is 1.90. The average molecular weight is 298 g/mol. The molecule has 0 aliphatic rings. The molecule has 2 rings (SSSR count). The van der Waals surface area contributed by atoms with Gasteiger partial charge in [-0.25, -0.2) is 0 Å². The van der Waals surface area contributed by atoms with E-state index in [0.717, 1.165) is 18.6 Å². The molecule has 22 heavy (non-hydrogen) atoms. The minimum Gasteiger partial charge on any atom is -0.494 e. The molecule has 0 aliphatic heterocycles. The Morgan fingerprint density at radius 2 is 1.41 bits per heavy atom. The number of rotatable bonds is 7. The van der Waals surface area contributed by atoms with Gasteiger partial charge in [-0.3, -0.25) is 0 Å². The zero-order chi connectivity index (χ0) is 15.9. The monoisotopic (exact) mass is 298 g/mol. The fourth-order valence-corrected chi connectivity index (χ4v) is 2.50. The average Bonchev–Trinajstić information content (AvgIpc) is 2.50. The third-order valence-corrected chi connectivity index (χ3v) is 3.68. The Labute approximate surface area is 133 Å². The fraction of sp³-hybridized carbons (Fsp3) is 0.368. The van der Waals surface area contributed by atoms with E-state index < -0.39 is 0 Å². The van der Waals surface area contributed by atoms with Crippen molar-refractivity contribution in [2.24, 2.45) is 5.73 Å². The lowest BCUT2D eigenvalue weighted by molar-refractivity contribution is 0.340. The minimum atomic E-state index is 0.128. The van der Waals surface area contributed by atoms with Crippen molar-refractivity contribution in [3.63, 3.8) is 0 Å². The van der Waals surface area contributed by atoms with Gasteiger partial charge in [0.05, 0.1) is 6.61 Å². The van der Waals surface area contributed by atoms with E-state index in [1.165, 1.54) is 16.8 Å². The highest BCUT2D eigenvalue weighted by molar-refractivity contribution is 5.46. The van der Waals surface area contributed by atoms with Crippen molar-refractivity contribution in [1.29, 1.82) is 0 Å². The van der Waals surface area contributed by atoms with E-state index in [2.05, 4.69) is 41.3 Å². The van der Waals surface area contributed by atoms with Crippen molar-refractivity contribution >= 4 is 5.69 Å². The molecule has 0 saturated heterocycles. The molecule has 118 valence electrons. The summed E-state index contributed by atoms with van der Waals surface area (Å²) in [4.78, 5) is 2.10. The molecule has 0 bridgehead atoms. The molecule has 3 heteroatoms. The standard InChI is InChI=1S/C19H26N2O/c1-4-22-19-11-7-16(8-12-19)14-17(20)13-15-5-9-18(10-6-15)21(2)3/h5-12,17H,4,13-14,20H2,1-3H3. The molecule has 1 unspecified atom stereocenters. The molecule has 2 aromatic carbocycles. The van der Waals surface area contributed by atoms with Crippen LogP contribution in [-0.4, -0.2) is 26.7 Å². The number of benzene rings is 2. The largest absolute Gasteiger partial charge is 0.494 e. The number of ether oxygens (including phenoxy) is 1. The van der Waals surface area contributed by atoms with Gasteiger partial charge in [-0.05, 0) is 55.2 Å². The molecule has 0 spiro atoms. The summed E-state index contributed by atoms with van der Waals surface area (Å²) in [5, 5.41) is 0. The first-order chi connectivity index (χ1) is 10.6. The molecule has 0 aliphatic carbocycles.